The standard InChI is InChI=1S/C23H22N2O4/c1-15-13-16(28-2)14-21(26)25(15)12-11-24-23(27)22-17-7-3-5-9-19(17)29-20-10-6-4-8-18(20)22/h3-10,13-14,22H,11-12H2,1-2H3,(H,24,27). The average molecular weight is 390 g/mol. The predicted molar refractivity (Wildman–Crippen MR) is 110 cm³/mol. The monoisotopic (exact) mass is 390 g/mol. The number of nitrogens with one attached hydrogen (secondary N) is 1. The van der Waals surface area contributed by atoms with Crippen LogP contribution in [0.2, 0.25) is 0 Å². The first-order chi connectivity index (χ1) is 14.1. The number of aromatic nitrogens is 1. The average Bonchev–Trinajstić information content (AvgIpc) is 2.73. The fourth-order valence-corrected chi connectivity index (χ4v) is 3.69. The summed E-state index contributed by atoms with van der Waals surface area (Å²) in [5.41, 5.74) is 2.30. The first-order valence-corrected chi connectivity index (χ1v) is 9.47. The van der Waals surface area contributed by atoms with Gasteiger partial charge < -0.3 is 19.4 Å². The van der Waals surface area contributed by atoms with E-state index in [1.54, 1.807) is 10.6 Å². The maximum atomic E-state index is 13.1. The Labute approximate surface area is 168 Å². The van der Waals surface area contributed by atoms with Gasteiger partial charge in [-0.2, -0.15) is 0 Å². The van der Waals surface area contributed by atoms with Crippen molar-refractivity contribution < 1.29 is 14.3 Å². The van der Waals surface area contributed by atoms with E-state index in [-0.39, 0.29) is 11.5 Å². The van der Waals surface area contributed by atoms with Crippen LogP contribution < -0.4 is 20.3 Å². The molecule has 0 saturated heterocycles. The van der Waals surface area contributed by atoms with Crippen molar-refractivity contribution in [2.24, 2.45) is 0 Å². The zero-order valence-corrected chi connectivity index (χ0v) is 16.3. The molecule has 0 fully saturated rings. The van der Waals surface area contributed by atoms with Crippen LogP contribution in [0.3, 0.4) is 0 Å². The summed E-state index contributed by atoms with van der Waals surface area (Å²) in [5, 5.41) is 2.98. The van der Waals surface area contributed by atoms with E-state index in [0.717, 1.165) is 16.8 Å². The van der Waals surface area contributed by atoms with Gasteiger partial charge in [0.05, 0.1) is 13.0 Å². The van der Waals surface area contributed by atoms with Crippen molar-refractivity contribution in [2.75, 3.05) is 13.7 Å². The molecular weight excluding hydrogens is 368 g/mol. The second kappa shape index (κ2) is 7.83. The number of benzene rings is 2. The highest BCUT2D eigenvalue weighted by molar-refractivity contribution is 5.89. The number of carbonyl (C=O) groups excluding carboxylic acids is 1. The molecule has 29 heavy (non-hydrogen) atoms. The van der Waals surface area contributed by atoms with Crippen molar-refractivity contribution >= 4 is 5.91 Å². The molecule has 6 heteroatoms. The van der Waals surface area contributed by atoms with E-state index in [9.17, 15) is 9.59 Å². The SMILES string of the molecule is COc1cc(C)n(CCNC(=O)C2c3ccccc3Oc3ccccc32)c(=O)c1. The Kier molecular flexibility index (Phi) is 5.08. The third-order valence-corrected chi connectivity index (χ3v) is 5.12. The molecule has 1 N–H and O–H groups in total. The molecule has 2 aromatic carbocycles. The fraction of sp³-hybridized carbons (Fsp3) is 0.217. The molecule has 0 unspecified atom stereocenters. The van der Waals surface area contributed by atoms with E-state index >= 15 is 0 Å². The van der Waals surface area contributed by atoms with Gasteiger partial charge in [0, 0.05) is 36.0 Å². The number of ether oxygens (including phenoxy) is 2. The van der Waals surface area contributed by atoms with Crippen LogP contribution in [0.1, 0.15) is 22.7 Å². The summed E-state index contributed by atoms with van der Waals surface area (Å²) in [7, 11) is 1.53. The Morgan fingerprint density at radius 1 is 1.07 bits per heavy atom. The lowest BCUT2D eigenvalue weighted by Crippen LogP contribution is -2.35. The Morgan fingerprint density at radius 2 is 1.69 bits per heavy atom. The van der Waals surface area contributed by atoms with E-state index in [1.807, 2.05) is 55.5 Å². The molecule has 1 aromatic heterocycles. The quantitative estimate of drug-likeness (QED) is 0.726. The molecule has 6 nitrogen and oxygen atoms in total. The second-order valence-corrected chi connectivity index (χ2v) is 6.93. The summed E-state index contributed by atoms with van der Waals surface area (Å²) in [5.74, 6) is 1.34. The largest absolute Gasteiger partial charge is 0.496 e. The van der Waals surface area contributed by atoms with Crippen LogP contribution in [0, 0.1) is 6.92 Å². The highest BCUT2D eigenvalue weighted by Crippen LogP contribution is 2.43. The number of aryl methyl sites for hydroxylation is 1. The molecule has 0 radical (unpaired) electrons. The summed E-state index contributed by atoms with van der Waals surface area (Å²) in [6.45, 7) is 2.57. The topological polar surface area (TPSA) is 69.6 Å². The molecule has 4 rings (SSSR count). The van der Waals surface area contributed by atoms with E-state index < -0.39 is 5.92 Å². The van der Waals surface area contributed by atoms with Crippen LogP contribution in [0.25, 0.3) is 0 Å². The highest BCUT2D eigenvalue weighted by Gasteiger charge is 2.32. The van der Waals surface area contributed by atoms with Crippen molar-refractivity contribution in [2.45, 2.75) is 19.4 Å². The molecule has 1 aliphatic rings. The van der Waals surface area contributed by atoms with E-state index in [0.29, 0.717) is 30.3 Å². The van der Waals surface area contributed by atoms with E-state index in [2.05, 4.69) is 5.32 Å². The van der Waals surface area contributed by atoms with Crippen molar-refractivity contribution in [3.05, 3.63) is 87.8 Å². The summed E-state index contributed by atoms with van der Waals surface area (Å²) in [4.78, 5) is 25.4. The molecule has 0 spiro atoms. The molecule has 0 aliphatic carbocycles. The maximum Gasteiger partial charge on any atom is 0.254 e. The minimum atomic E-state index is -0.454. The third-order valence-electron chi connectivity index (χ3n) is 5.12. The third kappa shape index (κ3) is 3.61. The lowest BCUT2D eigenvalue weighted by Gasteiger charge is -2.27. The lowest BCUT2D eigenvalue weighted by molar-refractivity contribution is -0.121. The zero-order valence-electron chi connectivity index (χ0n) is 16.3. The van der Waals surface area contributed by atoms with Gasteiger partial charge >= 0.3 is 0 Å². The Balaban J connectivity index is 1.54. The van der Waals surface area contributed by atoms with Gasteiger partial charge in [-0.25, -0.2) is 0 Å². The molecule has 2 heterocycles. The van der Waals surface area contributed by atoms with Crippen LogP contribution in [0.15, 0.2) is 65.5 Å². The number of nitrogens with zero attached hydrogens (tertiary/aromatic N) is 1. The van der Waals surface area contributed by atoms with Gasteiger partial charge in [-0.1, -0.05) is 36.4 Å². The number of amides is 1. The van der Waals surface area contributed by atoms with E-state index in [1.165, 1.54) is 13.2 Å². The normalized spacial score (nSPS) is 12.5. The Hall–Kier alpha value is -3.54. The van der Waals surface area contributed by atoms with Gasteiger partial charge in [0.25, 0.3) is 5.56 Å². The van der Waals surface area contributed by atoms with Gasteiger partial charge in [0.15, 0.2) is 0 Å². The summed E-state index contributed by atoms with van der Waals surface area (Å²) < 4.78 is 12.7. The maximum absolute atomic E-state index is 13.1. The molecule has 1 amide bonds. The number of methoxy groups -OCH3 is 1. The van der Waals surface area contributed by atoms with Gasteiger partial charge in [-0.15, -0.1) is 0 Å². The van der Waals surface area contributed by atoms with E-state index in [4.69, 9.17) is 9.47 Å². The van der Waals surface area contributed by atoms with Crippen LogP contribution in [0.5, 0.6) is 17.2 Å². The van der Waals surface area contributed by atoms with Crippen molar-refractivity contribution in [3.63, 3.8) is 0 Å². The minimum Gasteiger partial charge on any atom is -0.496 e. The molecular formula is C23H22N2O4. The summed E-state index contributed by atoms with van der Waals surface area (Å²) in [6.07, 6.45) is 0. The van der Waals surface area contributed by atoms with Crippen molar-refractivity contribution in [1.82, 2.24) is 9.88 Å². The summed E-state index contributed by atoms with van der Waals surface area (Å²) >= 11 is 0. The minimum absolute atomic E-state index is 0.118. The fourth-order valence-electron chi connectivity index (χ4n) is 3.69. The Morgan fingerprint density at radius 3 is 2.28 bits per heavy atom. The first-order valence-electron chi connectivity index (χ1n) is 9.47. The smallest absolute Gasteiger partial charge is 0.254 e. The van der Waals surface area contributed by atoms with Crippen LogP contribution in [-0.4, -0.2) is 24.1 Å². The molecule has 0 bridgehead atoms. The molecule has 148 valence electrons. The van der Waals surface area contributed by atoms with Gasteiger partial charge in [0.1, 0.15) is 17.2 Å². The number of hydrogen-bond acceptors (Lipinski definition) is 4. The van der Waals surface area contributed by atoms with Gasteiger partial charge in [0.2, 0.25) is 5.91 Å². The van der Waals surface area contributed by atoms with Crippen molar-refractivity contribution in [1.29, 1.82) is 0 Å². The molecule has 0 atom stereocenters. The van der Waals surface area contributed by atoms with Crippen LogP contribution in [-0.2, 0) is 11.3 Å². The molecule has 0 saturated carbocycles. The lowest BCUT2D eigenvalue weighted by atomic mass is 9.87. The van der Waals surface area contributed by atoms with Crippen molar-refractivity contribution in [3.8, 4) is 17.2 Å². The number of carbonyl (C=O) groups is 1. The number of para-hydroxylation sites is 2. The summed E-state index contributed by atoms with van der Waals surface area (Å²) in [6, 6.07) is 18.4. The Bertz CT molecular complexity index is 1070. The first kappa shape index (κ1) is 18.8. The predicted octanol–water partition coefficient (Wildman–Crippen LogP) is 3.22. The van der Waals surface area contributed by atoms with Crippen LogP contribution >= 0.6 is 0 Å². The number of pyridine rings is 1. The number of fused-ring (bicyclic) bond motifs is 2. The van der Waals surface area contributed by atoms with Crippen LogP contribution in [0.4, 0.5) is 0 Å². The second-order valence-electron chi connectivity index (χ2n) is 6.93. The molecule has 1 aliphatic heterocycles. The van der Waals surface area contributed by atoms with Gasteiger partial charge in [-0.3, -0.25) is 9.59 Å². The molecule has 3 aromatic rings. The van der Waals surface area contributed by atoms with Gasteiger partial charge in [-0.05, 0) is 25.1 Å². The number of hydrogen-bond donors (Lipinski definition) is 1. The zero-order chi connectivity index (χ0) is 20.4. The number of rotatable bonds is 5. The highest BCUT2D eigenvalue weighted by atomic mass is 16.5.